The van der Waals surface area contributed by atoms with Gasteiger partial charge in [-0.25, -0.2) is 9.97 Å². The Balaban J connectivity index is 1.56. The highest BCUT2D eigenvalue weighted by Crippen LogP contribution is 2.37. The summed E-state index contributed by atoms with van der Waals surface area (Å²) in [7, 11) is 0. The number of benzene rings is 2. The molecule has 0 fully saturated rings. The summed E-state index contributed by atoms with van der Waals surface area (Å²) in [5.41, 5.74) is 1.95. The topological polar surface area (TPSA) is 54.9 Å². The predicted octanol–water partition coefficient (Wildman–Crippen LogP) is 5.48. The number of nitrogens with one attached hydrogen (secondary N) is 1. The molecule has 0 saturated carbocycles. The number of carbonyl (C=O) groups is 1. The maximum atomic E-state index is 12.5. The number of aromatic nitrogens is 2. The minimum Gasteiger partial charge on any atom is -0.325 e. The molecule has 1 N–H and O–H groups in total. The van der Waals surface area contributed by atoms with Crippen LogP contribution >= 0.6 is 23.1 Å². The van der Waals surface area contributed by atoms with E-state index in [0.29, 0.717) is 0 Å². The number of rotatable bonds is 5. The minimum atomic E-state index is -0.275. The van der Waals surface area contributed by atoms with Crippen LogP contribution in [0.4, 0.5) is 5.69 Å². The second-order valence-corrected chi connectivity index (χ2v) is 8.35. The third kappa shape index (κ3) is 4.02. The molecule has 4 aromatic rings. The van der Waals surface area contributed by atoms with Gasteiger partial charge >= 0.3 is 0 Å². The standard InChI is InChI=1S/C21H17N3OS2/c1-14(19(25)24-16-10-6-3-7-11-16)26-20-17-12-18(15-8-4-2-5-9-15)27-21(17)23-13-22-20/h2-14H,1H3,(H,24,25)/t14-/m1/s1. The number of fused-ring (bicyclic) bond motifs is 1. The van der Waals surface area contributed by atoms with Crippen molar-refractivity contribution in [3.05, 3.63) is 73.1 Å². The highest BCUT2D eigenvalue weighted by molar-refractivity contribution is 8.00. The summed E-state index contributed by atoms with van der Waals surface area (Å²) in [4.78, 5) is 23.4. The fourth-order valence-electron chi connectivity index (χ4n) is 2.66. The first-order chi connectivity index (χ1) is 13.2. The smallest absolute Gasteiger partial charge is 0.237 e. The molecule has 134 valence electrons. The Hall–Kier alpha value is -2.70. The van der Waals surface area contributed by atoms with Gasteiger partial charge in [-0.3, -0.25) is 4.79 Å². The Morgan fingerprint density at radius 2 is 1.74 bits per heavy atom. The molecule has 0 aliphatic heterocycles. The normalized spacial score (nSPS) is 12.0. The summed E-state index contributed by atoms with van der Waals surface area (Å²) in [6.45, 7) is 1.89. The number of anilines is 1. The predicted molar refractivity (Wildman–Crippen MR) is 113 cm³/mol. The van der Waals surface area contributed by atoms with Gasteiger partial charge in [0.15, 0.2) is 0 Å². The first kappa shape index (κ1) is 17.7. The number of para-hydroxylation sites is 1. The molecule has 6 heteroatoms. The summed E-state index contributed by atoms with van der Waals surface area (Å²) < 4.78 is 0. The molecule has 0 spiro atoms. The Bertz CT molecular complexity index is 1060. The number of hydrogen-bond donors (Lipinski definition) is 1. The average molecular weight is 392 g/mol. The van der Waals surface area contributed by atoms with E-state index < -0.39 is 0 Å². The fourth-order valence-corrected chi connectivity index (χ4v) is 4.62. The Labute approximate surface area is 165 Å². The van der Waals surface area contributed by atoms with E-state index >= 15 is 0 Å². The molecule has 0 saturated heterocycles. The summed E-state index contributed by atoms with van der Waals surface area (Å²) in [5.74, 6) is -0.0449. The van der Waals surface area contributed by atoms with Crippen molar-refractivity contribution in [2.45, 2.75) is 17.2 Å². The zero-order chi connectivity index (χ0) is 18.6. The Kier molecular flexibility index (Phi) is 5.18. The van der Waals surface area contributed by atoms with Gasteiger partial charge in [-0.2, -0.15) is 0 Å². The molecule has 0 aliphatic carbocycles. The third-order valence-corrected chi connectivity index (χ3v) is 6.26. The molecule has 0 radical (unpaired) electrons. The van der Waals surface area contributed by atoms with Crippen LogP contribution in [0.25, 0.3) is 20.7 Å². The molecule has 1 atom stereocenters. The van der Waals surface area contributed by atoms with E-state index in [4.69, 9.17) is 0 Å². The average Bonchev–Trinajstić information content (AvgIpc) is 3.15. The van der Waals surface area contributed by atoms with E-state index in [1.807, 2.05) is 55.5 Å². The van der Waals surface area contributed by atoms with Gasteiger partial charge in [0.25, 0.3) is 0 Å². The lowest BCUT2D eigenvalue weighted by Crippen LogP contribution is -2.22. The van der Waals surface area contributed by atoms with Crippen molar-refractivity contribution in [1.29, 1.82) is 0 Å². The number of hydrogen-bond acceptors (Lipinski definition) is 5. The monoisotopic (exact) mass is 391 g/mol. The van der Waals surface area contributed by atoms with E-state index in [0.717, 1.165) is 31.4 Å². The number of thioether (sulfide) groups is 1. The van der Waals surface area contributed by atoms with Crippen molar-refractivity contribution in [3.63, 3.8) is 0 Å². The molecule has 2 heterocycles. The van der Waals surface area contributed by atoms with Crippen molar-refractivity contribution in [2.75, 3.05) is 5.32 Å². The summed E-state index contributed by atoms with van der Waals surface area (Å²) in [6, 6.07) is 21.8. The SMILES string of the molecule is C[C@@H](Sc1ncnc2sc(-c3ccccc3)cc12)C(=O)Nc1ccccc1. The molecule has 0 bridgehead atoms. The van der Waals surface area contributed by atoms with Crippen molar-refractivity contribution in [3.8, 4) is 10.4 Å². The lowest BCUT2D eigenvalue weighted by atomic mass is 10.2. The molecule has 2 aromatic carbocycles. The third-order valence-electron chi connectivity index (χ3n) is 4.05. The second-order valence-electron chi connectivity index (χ2n) is 5.99. The second kappa shape index (κ2) is 7.90. The molecule has 4 rings (SSSR count). The van der Waals surface area contributed by atoms with Gasteiger partial charge in [-0.15, -0.1) is 11.3 Å². The zero-order valence-corrected chi connectivity index (χ0v) is 16.3. The lowest BCUT2D eigenvalue weighted by molar-refractivity contribution is -0.115. The van der Waals surface area contributed by atoms with Crippen molar-refractivity contribution in [1.82, 2.24) is 9.97 Å². The molecule has 0 aliphatic rings. The van der Waals surface area contributed by atoms with Crippen LogP contribution in [0.2, 0.25) is 0 Å². The first-order valence-corrected chi connectivity index (χ1v) is 10.2. The van der Waals surface area contributed by atoms with Crippen LogP contribution in [0.15, 0.2) is 78.1 Å². The number of thiophene rings is 1. The van der Waals surface area contributed by atoms with Gasteiger partial charge in [-0.05, 0) is 30.7 Å². The van der Waals surface area contributed by atoms with Gasteiger partial charge in [0.2, 0.25) is 5.91 Å². The maximum absolute atomic E-state index is 12.5. The molecular weight excluding hydrogens is 374 g/mol. The van der Waals surface area contributed by atoms with Crippen molar-refractivity contribution >= 4 is 44.9 Å². The van der Waals surface area contributed by atoms with Gasteiger partial charge in [0.1, 0.15) is 16.2 Å². The Morgan fingerprint density at radius 1 is 1.04 bits per heavy atom. The van der Waals surface area contributed by atoms with Crippen LogP contribution < -0.4 is 5.32 Å². The number of amides is 1. The van der Waals surface area contributed by atoms with Gasteiger partial charge in [-0.1, -0.05) is 60.3 Å². The molecule has 4 nitrogen and oxygen atoms in total. The van der Waals surface area contributed by atoms with Crippen LogP contribution in [0.1, 0.15) is 6.92 Å². The van der Waals surface area contributed by atoms with Crippen LogP contribution in [0.5, 0.6) is 0 Å². The highest BCUT2D eigenvalue weighted by Gasteiger charge is 2.18. The van der Waals surface area contributed by atoms with E-state index in [1.54, 1.807) is 17.7 Å². The number of nitrogens with zero attached hydrogens (tertiary/aromatic N) is 2. The minimum absolute atomic E-state index is 0.0449. The summed E-state index contributed by atoms with van der Waals surface area (Å²) in [5, 5.41) is 4.49. The highest BCUT2D eigenvalue weighted by atomic mass is 32.2. The molecule has 27 heavy (non-hydrogen) atoms. The van der Waals surface area contributed by atoms with E-state index in [-0.39, 0.29) is 11.2 Å². The Morgan fingerprint density at radius 3 is 2.48 bits per heavy atom. The fraction of sp³-hybridized carbons (Fsp3) is 0.0952. The zero-order valence-electron chi connectivity index (χ0n) is 14.6. The van der Waals surface area contributed by atoms with Crippen molar-refractivity contribution in [2.24, 2.45) is 0 Å². The van der Waals surface area contributed by atoms with E-state index in [9.17, 15) is 4.79 Å². The molecule has 1 amide bonds. The quantitative estimate of drug-likeness (QED) is 0.362. The molecular formula is C21H17N3OS2. The van der Waals surface area contributed by atoms with E-state index in [2.05, 4.69) is 33.5 Å². The summed E-state index contributed by atoms with van der Waals surface area (Å²) >= 11 is 3.09. The van der Waals surface area contributed by atoms with Crippen LogP contribution in [-0.2, 0) is 4.79 Å². The van der Waals surface area contributed by atoms with Gasteiger partial charge in [0.05, 0.1) is 5.25 Å². The maximum Gasteiger partial charge on any atom is 0.237 e. The van der Waals surface area contributed by atoms with Crippen LogP contribution in [0, 0.1) is 0 Å². The van der Waals surface area contributed by atoms with Gasteiger partial charge < -0.3 is 5.32 Å². The largest absolute Gasteiger partial charge is 0.325 e. The van der Waals surface area contributed by atoms with Gasteiger partial charge in [0, 0.05) is 16.0 Å². The van der Waals surface area contributed by atoms with Crippen LogP contribution in [-0.4, -0.2) is 21.1 Å². The van der Waals surface area contributed by atoms with E-state index in [1.165, 1.54) is 11.8 Å². The lowest BCUT2D eigenvalue weighted by Gasteiger charge is -2.11. The number of carbonyl (C=O) groups excluding carboxylic acids is 1. The summed E-state index contributed by atoms with van der Waals surface area (Å²) in [6.07, 6.45) is 1.57. The molecule has 0 unspecified atom stereocenters. The van der Waals surface area contributed by atoms with Crippen molar-refractivity contribution < 1.29 is 4.79 Å². The molecule has 2 aromatic heterocycles. The van der Waals surface area contributed by atoms with Crippen LogP contribution in [0.3, 0.4) is 0 Å². The first-order valence-electron chi connectivity index (χ1n) is 8.53.